The molecule has 1 aromatic heterocycles. The normalized spacial score (nSPS) is 9.42. The summed E-state index contributed by atoms with van der Waals surface area (Å²) in [7, 11) is 0. The molecule has 1 rings (SSSR count). The van der Waals surface area contributed by atoms with E-state index in [2.05, 4.69) is 27.9 Å². The Kier molecular flexibility index (Phi) is 3.53. The van der Waals surface area contributed by atoms with Gasteiger partial charge in [0.2, 0.25) is 5.91 Å². The first-order valence-corrected chi connectivity index (χ1v) is 4.08. The van der Waals surface area contributed by atoms with E-state index in [-0.39, 0.29) is 11.7 Å². The SMILES string of the molecule is O=C(CS)NCc1ccncn1. The van der Waals surface area contributed by atoms with Gasteiger partial charge in [-0.15, -0.1) is 0 Å². The second-order valence-corrected chi connectivity index (χ2v) is 2.45. The fourth-order valence-corrected chi connectivity index (χ4v) is 0.780. The monoisotopic (exact) mass is 183 g/mol. The van der Waals surface area contributed by atoms with E-state index < -0.39 is 0 Å². The van der Waals surface area contributed by atoms with E-state index >= 15 is 0 Å². The second-order valence-electron chi connectivity index (χ2n) is 2.14. The first-order valence-electron chi connectivity index (χ1n) is 3.45. The maximum Gasteiger partial charge on any atom is 0.230 e. The Morgan fingerprint density at radius 1 is 1.67 bits per heavy atom. The van der Waals surface area contributed by atoms with Gasteiger partial charge >= 0.3 is 0 Å². The van der Waals surface area contributed by atoms with E-state index in [0.717, 1.165) is 5.69 Å². The molecule has 1 heterocycles. The number of amides is 1. The van der Waals surface area contributed by atoms with Crippen molar-refractivity contribution >= 4 is 18.5 Å². The Balaban J connectivity index is 2.38. The molecule has 0 aliphatic heterocycles. The van der Waals surface area contributed by atoms with Crippen LogP contribution in [0.2, 0.25) is 0 Å². The van der Waals surface area contributed by atoms with E-state index in [4.69, 9.17) is 0 Å². The van der Waals surface area contributed by atoms with Gasteiger partial charge in [-0.05, 0) is 6.07 Å². The van der Waals surface area contributed by atoms with Gasteiger partial charge in [0.15, 0.2) is 0 Å². The first-order chi connectivity index (χ1) is 5.83. The van der Waals surface area contributed by atoms with Gasteiger partial charge in [-0.2, -0.15) is 12.6 Å². The molecular weight excluding hydrogens is 174 g/mol. The van der Waals surface area contributed by atoms with Crippen molar-refractivity contribution in [1.82, 2.24) is 15.3 Å². The standard InChI is InChI=1S/C7H9N3OS/c11-7(4-12)9-3-6-1-2-8-5-10-6/h1-2,5,12H,3-4H2,(H,9,11). The maximum atomic E-state index is 10.8. The van der Waals surface area contributed by atoms with Crippen molar-refractivity contribution in [2.75, 3.05) is 5.75 Å². The van der Waals surface area contributed by atoms with E-state index in [1.165, 1.54) is 6.33 Å². The zero-order chi connectivity index (χ0) is 8.81. The number of nitrogens with zero attached hydrogens (tertiary/aromatic N) is 2. The molecule has 0 saturated heterocycles. The quantitative estimate of drug-likeness (QED) is 0.650. The van der Waals surface area contributed by atoms with Crippen LogP contribution < -0.4 is 5.32 Å². The van der Waals surface area contributed by atoms with Crippen LogP contribution >= 0.6 is 12.6 Å². The third kappa shape index (κ3) is 2.87. The summed E-state index contributed by atoms with van der Waals surface area (Å²) in [6.45, 7) is 0.432. The van der Waals surface area contributed by atoms with E-state index in [0.29, 0.717) is 6.54 Å². The van der Waals surface area contributed by atoms with Crippen molar-refractivity contribution in [1.29, 1.82) is 0 Å². The molecule has 0 aromatic carbocycles. The van der Waals surface area contributed by atoms with Crippen molar-refractivity contribution < 1.29 is 4.79 Å². The summed E-state index contributed by atoms with van der Waals surface area (Å²) in [6.07, 6.45) is 3.08. The molecule has 5 heteroatoms. The van der Waals surface area contributed by atoms with Crippen molar-refractivity contribution in [2.45, 2.75) is 6.54 Å². The minimum absolute atomic E-state index is 0.100. The van der Waals surface area contributed by atoms with Crippen LogP contribution in [0.1, 0.15) is 5.69 Å². The fraction of sp³-hybridized carbons (Fsp3) is 0.286. The third-order valence-electron chi connectivity index (χ3n) is 1.25. The Morgan fingerprint density at radius 2 is 2.50 bits per heavy atom. The highest BCUT2D eigenvalue weighted by Crippen LogP contribution is 1.89. The average Bonchev–Trinajstić information content (AvgIpc) is 2.16. The van der Waals surface area contributed by atoms with E-state index in [1.807, 2.05) is 0 Å². The summed E-state index contributed by atoms with van der Waals surface area (Å²) < 4.78 is 0. The van der Waals surface area contributed by atoms with Crippen LogP contribution in [0.15, 0.2) is 18.6 Å². The fourth-order valence-electron chi connectivity index (χ4n) is 0.668. The first kappa shape index (κ1) is 8.99. The van der Waals surface area contributed by atoms with Gasteiger partial charge in [0.25, 0.3) is 0 Å². The highest BCUT2D eigenvalue weighted by Gasteiger charge is 1.97. The Hall–Kier alpha value is -1.10. The van der Waals surface area contributed by atoms with Crippen molar-refractivity contribution in [3.63, 3.8) is 0 Å². The number of nitrogens with one attached hydrogen (secondary N) is 1. The van der Waals surface area contributed by atoms with Crippen molar-refractivity contribution in [3.8, 4) is 0 Å². The molecule has 0 saturated carbocycles. The van der Waals surface area contributed by atoms with Crippen LogP contribution in [0.3, 0.4) is 0 Å². The van der Waals surface area contributed by atoms with Crippen LogP contribution in [0.25, 0.3) is 0 Å². The smallest absolute Gasteiger partial charge is 0.230 e. The van der Waals surface area contributed by atoms with Crippen LogP contribution in [-0.4, -0.2) is 21.6 Å². The number of thiol groups is 1. The molecule has 0 fully saturated rings. The number of aromatic nitrogens is 2. The van der Waals surface area contributed by atoms with Gasteiger partial charge in [-0.1, -0.05) is 0 Å². The molecule has 0 atom stereocenters. The largest absolute Gasteiger partial charge is 0.350 e. The van der Waals surface area contributed by atoms with Gasteiger partial charge in [-0.3, -0.25) is 4.79 Å². The van der Waals surface area contributed by atoms with Gasteiger partial charge in [0.1, 0.15) is 6.33 Å². The topological polar surface area (TPSA) is 54.9 Å². The number of carbonyl (C=O) groups is 1. The predicted octanol–water partition coefficient (Wildman–Crippen LogP) is 0.0226. The summed E-state index contributed by atoms with van der Waals surface area (Å²) in [6, 6.07) is 1.75. The van der Waals surface area contributed by atoms with Crippen molar-refractivity contribution in [2.24, 2.45) is 0 Å². The number of rotatable bonds is 3. The Labute approximate surface area is 75.8 Å². The molecule has 0 radical (unpaired) electrons. The number of carbonyl (C=O) groups excluding carboxylic acids is 1. The molecule has 4 nitrogen and oxygen atoms in total. The van der Waals surface area contributed by atoms with Crippen LogP contribution in [-0.2, 0) is 11.3 Å². The lowest BCUT2D eigenvalue weighted by atomic mass is 10.4. The summed E-state index contributed by atoms with van der Waals surface area (Å²) in [5.74, 6) is 0.0994. The molecule has 0 aliphatic rings. The molecule has 0 unspecified atom stereocenters. The average molecular weight is 183 g/mol. The number of hydrogen-bond acceptors (Lipinski definition) is 4. The molecule has 0 aliphatic carbocycles. The Morgan fingerprint density at radius 3 is 3.08 bits per heavy atom. The minimum Gasteiger partial charge on any atom is -0.350 e. The summed E-state index contributed by atoms with van der Waals surface area (Å²) >= 11 is 3.82. The molecular formula is C7H9N3OS. The summed E-state index contributed by atoms with van der Waals surface area (Å²) in [5, 5.41) is 2.64. The second kappa shape index (κ2) is 4.71. The summed E-state index contributed by atoms with van der Waals surface area (Å²) in [4.78, 5) is 18.4. The van der Waals surface area contributed by atoms with Gasteiger partial charge in [0.05, 0.1) is 18.0 Å². The van der Waals surface area contributed by atoms with E-state index in [9.17, 15) is 4.79 Å². The maximum absolute atomic E-state index is 10.8. The molecule has 0 spiro atoms. The lowest BCUT2D eigenvalue weighted by Gasteiger charge is -2.00. The van der Waals surface area contributed by atoms with Gasteiger partial charge in [0, 0.05) is 6.20 Å². The molecule has 0 bridgehead atoms. The predicted molar refractivity (Wildman–Crippen MR) is 47.7 cm³/mol. The highest BCUT2D eigenvalue weighted by atomic mass is 32.1. The zero-order valence-electron chi connectivity index (χ0n) is 6.40. The molecule has 64 valence electrons. The lowest BCUT2D eigenvalue weighted by Crippen LogP contribution is -2.24. The van der Waals surface area contributed by atoms with Crippen LogP contribution in [0.4, 0.5) is 0 Å². The number of hydrogen-bond donors (Lipinski definition) is 2. The Bertz CT molecular complexity index is 252. The highest BCUT2D eigenvalue weighted by molar-refractivity contribution is 7.81. The van der Waals surface area contributed by atoms with E-state index in [1.54, 1.807) is 12.3 Å². The van der Waals surface area contributed by atoms with Gasteiger partial charge in [-0.25, -0.2) is 9.97 Å². The molecule has 1 aromatic rings. The third-order valence-corrected chi connectivity index (χ3v) is 1.54. The molecule has 1 amide bonds. The summed E-state index contributed by atoms with van der Waals surface area (Å²) in [5.41, 5.74) is 0.792. The van der Waals surface area contributed by atoms with Gasteiger partial charge < -0.3 is 5.32 Å². The molecule has 12 heavy (non-hydrogen) atoms. The molecule has 1 N–H and O–H groups in total. The minimum atomic E-state index is -0.100. The van der Waals surface area contributed by atoms with Crippen molar-refractivity contribution in [3.05, 3.63) is 24.3 Å². The van der Waals surface area contributed by atoms with Crippen LogP contribution in [0.5, 0.6) is 0 Å². The zero-order valence-corrected chi connectivity index (χ0v) is 7.29. The lowest BCUT2D eigenvalue weighted by molar-refractivity contribution is -0.118. The van der Waals surface area contributed by atoms with Crippen LogP contribution in [0, 0.1) is 0 Å².